The van der Waals surface area contributed by atoms with Crippen molar-refractivity contribution in [3.05, 3.63) is 0 Å². The molecule has 0 atom stereocenters. The third-order valence-electron chi connectivity index (χ3n) is 1.41. The van der Waals surface area contributed by atoms with E-state index < -0.39 is 41.8 Å². The molecule has 1 N–H and O–H groups in total. The van der Waals surface area contributed by atoms with Crippen LogP contribution in [0.4, 0.5) is 22.0 Å². The Bertz CT molecular complexity index is 276. The summed E-state index contributed by atoms with van der Waals surface area (Å²) in [6.45, 7) is -0.980. The Labute approximate surface area is 91.0 Å². The van der Waals surface area contributed by atoms with Gasteiger partial charge in [-0.25, -0.2) is 0 Å². The molecule has 0 heterocycles. The molecule has 0 spiro atoms. The highest BCUT2D eigenvalue weighted by Crippen LogP contribution is 2.39. The molecular formula is C7H7F5O3S. The van der Waals surface area contributed by atoms with E-state index >= 15 is 0 Å². The van der Waals surface area contributed by atoms with E-state index in [1.807, 2.05) is 0 Å². The number of alkyl halides is 5. The summed E-state index contributed by atoms with van der Waals surface area (Å²) in [6.07, 6.45) is -8.51. The second-order valence-electron chi connectivity index (χ2n) is 2.71. The van der Waals surface area contributed by atoms with Crippen LogP contribution in [-0.2, 0) is 9.59 Å². The third kappa shape index (κ3) is 4.88. The summed E-state index contributed by atoms with van der Waals surface area (Å²) >= 11 is -0.0776. The molecule has 9 heteroatoms. The number of halogens is 5. The Morgan fingerprint density at radius 2 is 1.56 bits per heavy atom. The maximum absolute atomic E-state index is 12.3. The number of aliphatic hydroxyl groups is 1. The summed E-state index contributed by atoms with van der Waals surface area (Å²) in [5.41, 5.74) is 0. The van der Waals surface area contributed by atoms with Gasteiger partial charge in [-0.05, 0) is 11.8 Å². The fourth-order valence-corrected chi connectivity index (χ4v) is 1.13. The van der Waals surface area contributed by atoms with Crippen molar-refractivity contribution in [3.8, 4) is 0 Å². The highest BCUT2D eigenvalue weighted by atomic mass is 32.2. The SMILES string of the molecule is O=C(CO)SC(=O)CCC(F)(F)C(F)(F)F. The van der Waals surface area contributed by atoms with Gasteiger partial charge in [0.2, 0.25) is 5.12 Å². The van der Waals surface area contributed by atoms with Gasteiger partial charge in [-0.1, -0.05) is 0 Å². The van der Waals surface area contributed by atoms with E-state index in [1.165, 1.54) is 0 Å². The van der Waals surface area contributed by atoms with E-state index in [0.717, 1.165) is 0 Å². The van der Waals surface area contributed by atoms with Crippen LogP contribution in [0.15, 0.2) is 0 Å². The molecule has 0 aliphatic heterocycles. The monoisotopic (exact) mass is 266 g/mol. The maximum Gasteiger partial charge on any atom is 0.453 e. The summed E-state index contributed by atoms with van der Waals surface area (Å²) in [6, 6.07) is 0. The van der Waals surface area contributed by atoms with Crippen LogP contribution in [0, 0.1) is 0 Å². The number of carbonyl (C=O) groups excluding carboxylic acids is 2. The van der Waals surface area contributed by atoms with Gasteiger partial charge in [-0.15, -0.1) is 0 Å². The number of hydrogen-bond acceptors (Lipinski definition) is 4. The van der Waals surface area contributed by atoms with E-state index in [0.29, 0.717) is 0 Å². The van der Waals surface area contributed by atoms with Crippen molar-refractivity contribution in [2.24, 2.45) is 0 Å². The molecule has 0 fully saturated rings. The predicted molar refractivity (Wildman–Crippen MR) is 44.9 cm³/mol. The van der Waals surface area contributed by atoms with Crippen LogP contribution in [-0.4, -0.2) is 34.0 Å². The number of thioether (sulfide) groups is 1. The second-order valence-corrected chi connectivity index (χ2v) is 3.82. The molecule has 16 heavy (non-hydrogen) atoms. The second kappa shape index (κ2) is 5.58. The predicted octanol–water partition coefficient (Wildman–Crippen LogP) is 1.74. The Morgan fingerprint density at radius 3 is 1.94 bits per heavy atom. The first-order valence-corrected chi connectivity index (χ1v) is 4.70. The van der Waals surface area contributed by atoms with Crippen LogP contribution in [0.2, 0.25) is 0 Å². The molecule has 0 rings (SSSR count). The van der Waals surface area contributed by atoms with Gasteiger partial charge in [-0.2, -0.15) is 22.0 Å². The van der Waals surface area contributed by atoms with E-state index in [-0.39, 0.29) is 11.8 Å². The first-order chi connectivity index (χ1) is 7.10. The van der Waals surface area contributed by atoms with Crippen LogP contribution >= 0.6 is 11.8 Å². The van der Waals surface area contributed by atoms with Crippen LogP contribution in [0.5, 0.6) is 0 Å². The number of carbonyl (C=O) groups is 2. The number of rotatable bonds is 4. The lowest BCUT2D eigenvalue weighted by Crippen LogP contribution is -2.36. The molecule has 0 bridgehead atoms. The highest BCUT2D eigenvalue weighted by molar-refractivity contribution is 8.26. The van der Waals surface area contributed by atoms with Crippen molar-refractivity contribution in [1.82, 2.24) is 0 Å². The van der Waals surface area contributed by atoms with Crippen molar-refractivity contribution in [2.45, 2.75) is 24.9 Å². The van der Waals surface area contributed by atoms with Gasteiger partial charge in [0.25, 0.3) is 0 Å². The minimum Gasteiger partial charge on any atom is -0.388 e. The van der Waals surface area contributed by atoms with E-state index in [1.54, 1.807) is 0 Å². The minimum absolute atomic E-state index is 0.0776. The van der Waals surface area contributed by atoms with Crippen molar-refractivity contribution in [1.29, 1.82) is 0 Å². The molecule has 0 amide bonds. The summed E-state index contributed by atoms with van der Waals surface area (Å²) in [5, 5.41) is 6.05. The molecular weight excluding hydrogens is 259 g/mol. The molecule has 3 nitrogen and oxygen atoms in total. The molecule has 0 aromatic carbocycles. The standard InChI is InChI=1S/C7H7F5O3S/c8-6(9,7(10,11)12)2-1-4(14)16-5(15)3-13/h13H,1-3H2. The smallest absolute Gasteiger partial charge is 0.388 e. The van der Waals surface area contributed by atoms with E-state index in [9.17, 15) is 31.5 Å². The molecule has 0 aliphatic rings. The van der Waals surface area contributed by atoms with E-state index in [4.69, 9.17) is 5.11 Å². The van der Waals surface area contributed by atoms with Crippen LogP contribution in [0.3, 0.4) is 0 Å². The molecule has 94 valence electrons. The van der Waals surface area contributed by atoms with Crippen molar-refractivity contribution < 1.29 is 36.6 Å². The zero-order chi connectivity index (χ0) is 13.0. The van der Waals surface area contributed by atoms with Crippen molar-refractivity contribution >= 4 is 22.0 Å². The largest absolute Gasteiger partial charge is 0.453 e. The molecule has 0 radical (unpaired) electrons. The normalized spacial score (nSPS) is 12.6. The van der Waals surface area contributed by atoms with Crippen molar-refractivity contribution in [3.63, 3.8) is 0 Å². The lowest BCUT2D eigenvalue weighted by atomic mass is 10.2. The molecule has 0 saturated heterocycles. The van der Waals surface area contributed by atoms with Crippen LogP contribution in [0.1, 0.15) is 12.8 Å². The molecule has 0 aromatic heterocycles. The van der Waals surface area contributed by atoms with Gasteiger partial charge >= 0.3 is 12.1 Å². The molecule has 0 aromatic rings. The molecule has 0 aliphatic carbocycles. The third-order valence-corrected chi connectivity index (χ3v) is 2.20. The number of aliphatic hydroxyl groups excluding tert-OH is 1. The average molecular weight is 266 g/mol. The first kappa shape index (κ1) is 15.3. The highest BCUT2D eigenvalue weighted by Gasteiger charge is 2.56. The van der Waals surface area contributed by atoms with Gasteiger partial charge < -0.3 is 5.11 Å². The van der Waals surface area contributed by atoms with Crippen molar-refractivity contribution in [2.75, 3.05) is 6.61 Å². The van der Waals surface area contributed by atoms with Gasteiger partial charge in [0, 0.05) is 12.8 Å². The lowest BCUT2D eigenvalue weighted by molar-refractivity contribution is -0.283. The Morgan fingerprint density at radius 1 is 1.06 bits per heavy atom. The van der Waals surface area contributed by atoms with Crippen LogP contribution in [0.25, 0.3) is 0 Å². The van der Waals surface area contributed by atoms with Gasteiger partial charge in [-0.3, -0.25) is 9.59 Å². The minimum atomic E-state index is -5.71. The Kier molecular flexibility index (Phi) is 5.33. The first-order valence-electron chi connectivity index (χ1n) is 3.89. The quantitative estimate of drug-likeness (QED) is 0.787. The molecule has 0 unspecified atom stereocenters. The Hall–Kier alpha value is -0.700. The van der Waals surface area contributed by atoms with Gasteiger partial charge in [0.1, 0.15) is 6.61 Å². The fourth-order valence-electron chi connectivity index (χ4n) is 0.611. The van der Waals surface area contributed by atoms with Gasteiger partial charge in [0.15, 0.2) is 5.12 Å². The van der Waals surface area contributed by atoms with Gasteiger partial charge in [0.05, 0.1) is 0 Å². The maximum atomic E-state index is 12.3. The van der Waals surface area contributed by atoms with Crippen LogP contribution < -0.4 is 0 Å². The fraction of sp³-hybridized carbons (Fsp3) is 0.714. The summed E-state index contributed by atoms with van der Waals surface area (Å²) in [4.78, 5) is 21.1. The summed E-state index contributed by atoms with van der Waals surface area (Å²) in [5.74, 6) is -4.95. The van der Waals surface area contributed by atoms with E-state index in [2.05, 4.69) is 0 Å². The zero-order valence-electron chi connectivity index (χ0n) is 7.68. The Balaban J connectivity index is 4.16. The summed E-state index contributed by atoms with van der Waals surface area (Å²) in [7, 11) is 0. The molecule has 0 saturated carbocycles. The zero-order valence-corrected chi connectivity index (χ0v) is 8.50. The topological polar surface area (TPSA) is 54.4 Å². The average Bonchev–Trinajstić information content (AvgIpc) is 2.13. The lowest BCUT2D eigenvalue weighted by Gasteiger charge is -2.18. The summed E-state index contributed by atoms with van der Waals surface area (Å²) < 4.78 is 59.5. The number of hydrogen-bond donors (Lipinski definition) is 1.